The van der Waals surface area contributed by atoms with Crippen molar-refractivity contribution >= 4 is 38.0 Å². The molecular weight excluding hydrogens is 711 g/mol. The van der Waals surface area contributed by atoms with Crippen molar-refractivity contribution in [2.45, 2.75) is 123 Å². The maximum Gasteiger partial charge on any atom is 0.325 e. The molecule has 2 aromatic carbocycles. The SMILES string of the molecule is C=CCC[C@@H](OC)[C@@H](C)C(=O)C[C@H](C(=O)N[C@@H](Cc1cccc(O[Si](C)(C)C(C)(C)C)c1)C(=O)N1CCC[C@@H](C(=O)OCc2cccc(C=C)c2)N1)C(C)C. The molecule has 0 aliphatic carbocycles. The van der Waals surface area contributed by atoms with E-state index in [1.54, 1.807) is 19.3 Å². The average Bonchev–Trinajstić information content (AvgIpc) is 3.14. The lowest BCUT2D eigenvalue weighted by Gasteiger charge is -2.36. The van der Waals surface area contributed by atoms with Crippen molar-refractivity contribution in [1.82, 2.24) is 15.8 Å². The van der Waals surface area contributed by atoms with Gasteiger partial charge in [0.1, 0.15) is 30.2 Å². The summed E-state index contributed by atoms with van der Waals surface area (Å²) in [6, 6.07) is 13.5. The molecule has 0 saturated carbocycles. The summed E-state index contributed by atoms with van der Waals surface area (Å²) in [6.45, 7) is 24.5. The van der Waals surface area contributed by atoms with E-state index in [0.29, 0.717) is 38.0 Å². The molecular formula is C44H65N3O7Si. The van der Waals surface area contributed by atoms with Gasteiger partial charge in [0, 0.05) is 38.3 Å². The van der Waals surface area contributed by atoms with Crippen LogP contribution >= 0.6 is 0 Å². The van der Waals surface area contributed by atoms with Gasteiger partial charge in [0.15, 0.2) is 0 Å². The van der Waals surface area contributed by atoms with Crippen LogP contribution in [-0.4, -0.2) is 68.7 Å². The van der Waals surface area contributed by atoms with E-state index < -0.39 is 38.2 Å². The predicted octanol–water partition coefficient (Wildman–Crippen LogP) is 7.83. The molecule has 11 heteroatoms. The first-order valence-corrected chi connectivity index (χ1v) is 22.5. The summed E-state index contributed by atoms with van der Waals surface area (Å²) >= 11 is 0. The number of nitrogens with one attached hydrogen (secondary N) is 2. The number of hydrazine groups is 1. The van der Waals surface area contributed by atoms with Crippen LogP contribution in [0.5, 0.6) is 5.75 Å². The number of esters is 1. The van der Waals surface area contributed by atoms with Gasteiger partial charge in [-0.3, -0.25) is 24.2 Å². The van der Waals surface area contributed by atoms with Crippen LogP contribution in [-0.2, 0) is 41.7 Å². The minimum absolute atomic E-state index is 0.0148. The number of nitrogens with zero attached hydrogens (tertiary/aromatic N) is 1. The van der Waals surface area contributed by atoms with Crippen molar-refractivity contribution in [3.8, 4) is 5.75 Å². The molecule has 0 bridgehead atoms. The van der Waals surface area contributed by atoms with Crippen LogP contribution in [0.1, 0.15) is 90.3 Å². The number of methoxy groups -OCH3 is 1. The molecule has 2 N–H and O–H groups in total. The van der Waals surface area contributed by atoms with Crippen molar-refractivity contribution in [3.05, 3.63) is 84.5 Å². The Bertz CT molecular complexity index is 1630. The van der Waals surface area contributed by atoms with E-state index in [1.807, 2.05) is 69.3 Å². The molecule has 5 atom stereocenters. The van der Waals surface area contributed by atoms with Crippen molar-refractivity contribution < 1.29 is 33.1 Å². The lowest BCUT2D eigenvalue weighted by atomic mass is 9.84. The van der Waals surface area contributed by atoms with Gasteiger partial charge in [0.05, 0.1) is 6.10 Å². The van der Waals surface area contributed by atoms with Crippen LogP contribution in [0.3, 0.4) is 0 Å². The van der Waals surface area contributed by atoms with Crippen molar-refractivity contribution in [2.24, 2.45) is 17.8 Å². The topological polar surface area (TPSA) is 123 Å². The second-order valence-corrected chi connectivity index (χ2v) is 21.3. The van der Waals surface area contributed by atoms with Gasteiger partial charge >= 0.3 is 5.97 Å². The molecule has 1 heterocycles. The zero-order chi connectivity index (χ0) is 40.9. The lowest BCUT2D eigenvalue weighted by molar-refractivity contribution is -0.154. The Balaban J connectivity index is 1.86. The number of ether oxygens (including phenoxy) is 2. The molecule has 55 heavy (non-hydrogen) atoms. The molecule has 1 saturated heterocycles. The van der Waals surface area contributed by atoms with E-state index in [9.17, 15) is 19.2 Å². The summed E-state index contributed by atoms with van der Waals surface area (Å²) in [5.74, 6) is -1.85. The van der Waals surface area contributed by atoms with Gasteiger partial charge in [-0.1, -0.05) is 90.6 Å². The van der Waals surface area contributed by atoms with Gasteiger partial charge in [0.2, 0.25) is 14.2 Å². The van der Waals surface area contributed by atoms with E-state index in [2.05, 4.69) is 57.8 Å². The minimum Gasteiger partial charge on any atom is -0.543 e. The second-order valence-electron chi connectivity index (χ2n) is 16.6. The monoisotopic (exact) mass is 775 g/mol. The third-order valence-electron chi connectivity index (χ3n) is 11.0. The number of Topliss-reactive ketones (excluding diaryl/α,β-unsaturated/α-hetero) is 1. The number of carbonyl (C=O) groups excluding carboxylic acids is 4. The van der Waals surface area contributed by atoms with E-state index >= 15 is 0 Å². The Kier molecular flexibility index (Phi) is 17.1. The molecule has 10 nitrogen and oxygen atoms in total. The second kappa shape index (κ2) is 20.7. The summed E-state index contributed by atoms with van der Waals surface area (Å²) < 4.78 is 17.9. The predicted molar refractivity (Wildman–Crippen MR) is 221 cm³/mol. The quantitative estimate of drug-likeness (QED) is 0.0793. The van der Waals surface area contributed by atoms with Gasteiger partial charge in [-0.15, -0.1) is 6.58 Å². The number of ketones is 1. The van der Waals surface area contributed by atoms with E-state index in [1.165, 1.54) is 5.01 Å². The van der Waals surface area contributed by atoms with Crippen LogP contribution in [0.2, 0.25) is 18.1 Å². The van der Waals surface area contributed by atoms with Gasteiger partial charge in [-0.05, 0) is 84.6 Å². The highest BCUT2D eigenvalue weighted by Crippen LogP contribution is 2.37. The van der Waals surface area contributed by atoms with Crippen LogP contribution in [0.4, 0.5) is 0 Å². The first kappa shape index (κ1) is 45.3. The first-order chi connectivity index (χ1) is 25.9. The highest BCUT2D eigenvalue weighted by atomic mass is 28.4. The Labute approximate surface area is 330 Å². The first-order valence-electron chi connectivity index (χ1n) is 19.6. The molecule has 0 radical (unpaired) electrons. The van der Waals surface area contributed by atoms with Gasteiger partial charge in [-0.25, -0.2) is 5.43 Å². The fourth-order valence-electron chi connectivity index (χ4n) is 6.36. The number of carbonyl (C=O) groups is 4. The summed E-state index contributed by atoms with van der Waals surface area (Å²) in [5.41, 5.74) is 5.66. The standard InChI is InChI=1S/C44H65N3O7Si/c1-12-14-23-40(52-9)31(5)39(48)28-36(30(3)4)41(49)45-38(27-33-19-16-21-35(26-33)54-55(10,11)44(6,7)8)42(50)47-24-17-22-37(46-47)43(51)53-29-34-20-15-18-32(13-2)25-34/h12-13,15-16,18-21,25-26,30-31,36-38,40,46H,1-2,14,17,22-24,27-29H2,3-11H3,(H,45,49)/t31-,36-,37-,38-,40+/m0/s1. The van der Waals surface area contributed by atoms with Gasteiger partial charge in [-0.2, -0.15) is 0 Å². The molecule has 1 aliphatic heterocycles. The number of hydrogen-bond acceptors (Lipinski definition) is 8. The normalized spacial score (nSPS) is 17.1. The molecule has 2 amide bonds. The van der Waals surface area contributed by atoms with Crippen molar-refractivity contribution in [1.29, 1.82) is 0 Å². The van der Waals surface area contributed by atoms with E-state index in [-0.39, 0.29) is 54.1 Å². The molecule has 1 fully saturated rings. The van der Waals surface area contributed by atoms with Crippen molar-refractivity contribution in [2.75, 3.05) is 13.7 Å². The van der Waals surface area contributed by atoms with Crippen molar-refractivity contribution in [3.63, 3.8) is 0 Å². The summed E-state index contributed by atoms with van der Waals surface area (Å²) in [7, 11) is -0.565. The number of hydrogen-bond donors (Lipinski definition) is 2. The van der Waals surface area contributed by atoms with Crippen LogP contribution < -0.4 is 15.2 Å². The van der Waals surface area contributed by atoms with E-state index in [0.717, 1.165) is 16.7 Å². The molecule has 0 unspecified atom stereocenters. The number of benzene rings is 2. The van der Waals surface area contributed by atoms with Gasteiger partial charge in [0.25, 0.3) is 5.91 Å². The highest BCUT2D eigenvalue weighted by molar-refractivity contribution is 6.74. The summed E-state index contributed by atoms with van der Waals surface area (Å²) in [4.78, 5) is 55.4. The summed E-state index contributed by atoms with van der Waals surface area (Å²) in [6.07, 6.45) is 5.84. The number of rotatable bonds is 20. The molecule has 0 aromatic heterocycles. The average molecular weight is 776 g/mol. The van der Waals surface area contributed by atoms with Gasteiger partial charge < -0.3 is 19.2 Å². The Morgan fingerprint density at radius 2 is 1.73 bits per heavy atom. The largest absolute Gasteiger partial charge is 0.543 e. The molecule has 3 rings (SSSR count). The zero-order valence-electron chi connectivity index (χ0n) is 34.6. The maximum absolute atomic E-state index is 14.4. The maximum atomic E-state index is 14.4. The molecule has 302 valence electrons. The summed E-state index contributed by atoms with van der Waals surface area (Å²) in [5, 5.41) is 4.45. The Morgan fingerprint density at radius 1 is 1.04 bits per heavy atom. The lowest BCUT2D eigenvalue weighted by Crippen LogP contribution is -2.60. The van der Waals surface area contributed by atoms with Crippen LogP contribution in [0.15, 0.2) is 67.8 Å². The number of allylic oxidation sites excluding steroid dienone is 1. The number of amides is 2. The zero-order valence-corrected chi connectivity index (χ0v) is 35.6. The third-order valence-corrected chi connectivity index (χ3v) is 15.4. The molecule has 0 spiro atoms. The fraction of sp³-hybridized carbons (Fsp3) is 0.545. The van der Waals surface area contributed by atoms with E-state index in [4.69, 9.17) is 13.9 Å². The molecule has 2 aromatic rings. The third kappa shape index (κ3) is 13.3. The van der Waals surface area contributed by atoms with Crippen LogP contribution in [0, 0.1) is 17.8 Å². The minimum atomic E-state index is -2.16. The molecule has 1 aliphatic rings. The van der Waals surface area contributed by atoms with Crippen LogP contribution in [0.25, 0.3) is 6.08 Å². The highest BCUT2D eigenvalue weighted by Gasteiger charge is 2.40. The smallest absolute Gasteiger partial charge is 0.325 e. The Hall–Kier alpha value is -4.06. The fourth-order valence-corrected chi connectivity index (χ4v) is 7.38. The Morgan fingerprint density at radius 3 is 2.36 bits per heavy atom.